The van der Waals surface area contributed by atoms with E-state index in [2.05, 4.69) is 20.3 Å². The summed E-state index contributed by atoms with van der Waals surface area (Å²) < 4.78 is 0. The van der Waals surface area contributed by atoms with Crippen LogP contribution in [0.4, 0.5) is 0 Å². The highest BCUT2D eigenvalue weighted by atomic mass is 16.2. The molecule has 0 fully saturated rings. The Morgan fingerprint density at radius 1 is 1.12 bits per heavy atom. The fourth-order valence-electron chi connectivity index (χ4n) is 2.96. The maximum Gasteiger partial charge on any atom is 0.261 e. The highest BCUT2D eigenvalue weighted by Crippen LogP contribution is 2.23. The number of aryl methyl sites for hydroxylation is 3. The van der Waals surface area contributed by atoms with Crippen LogP contribution in [0.15, 0.2) is 29.1 Å². The van der Waals surface area contributed by atoms with Crippen LogP contribution in [0.3, 0.4) is 0 Å². The molecule has 0 spiro atoms. The molecule has 1 atom stereocenters. The maximum atomic E-state index is 12.7. The third-order valence-corrected chi connectivity index (χ3v) is 4.65. The molecule has 3 rings (SSSR count). The highest BCUT2D eigenvalue weighted by molar-refractivity contribution is 5.94. The molecule has 2 aromatic heterocycles. The Labute approximate surface area is 152 Å². The normalized spacial score (nSPS) is 12.5. The smallest absolute Gasteiger partial charge is 0.261 e. The quantitative estimate of drug-likeness (QED) is 0.673. The molecule has 0 radical (unpaired) electrons. The molecule has 0 aliphatic heterocycles. The van der Waals surface area contributed by atoms with Gasteiger partial charge in [-0.05, 0) is 56.0 Å². The van der Waals surface area contributed by atoms with Gasteiger partial charge in [0.05, 0.1) is 17.1 Å². The molecule has 1 amide bonds. The number of pyridine rings is 1. The van der Waals surface area contributed by atoms with Crippen molar-refractivity contribution >= 4 is 16.9 Å². The number of aromatic nitrogens is 3. The summed E-state index contributed by atoms with van der Waals surface area (Å²) in [5, 5.41) is 2.96. The van der Waals surface area contributed by atoms with E-state index in [9.17, 15) is 9.59 Å². The highest BCUT2D eigenvalue weighted by Gasteiger charge is 2.24. The third kappa shape index (κ3) is 3.40. The van der Waals surface area contributed by atoms with Crippen LogP contribution in [0.25, 0.3) is 11.0 Å². The molecule has 0 saturated carbocycles. The lowest BCUT2D eigenvalue weighted by atomic mass is 10.0. The van der Waals surface area contributed by atoms with E-state index in [1.54, 1.807) is 6.07 Å². The number of H-pyrrole nitrogens is 2. The summed E-state index contributed by atoms with van der Waals surface area (Å²) in [7, 11) is 0. The number of fused-ring (bicyclic) bond motifs is 1. The molecule has 1 unspecified atom stereocenters. The van der Waals surface area contributed by atoms with Crippen LogP contribution in [0.2, 0.25) is 0 Å². The van der Waals surface area contributed by atoms with Crippen LogP contribution in [-0.4, -0.2) is 20.9 Å². The minimum Gasteiger partial charge on any atom is -0.342 e. The van der Waals surface area contributed by atoms with Crippen molar-refractivity contribution in [1.82, 2.24) is 20.3 Å². The van der Waals surface area contributed by atoms with Crippen LogP contribution in [-0.2, 0) is 0 Å². The molecule has 6 nitrogen and oxygen atoms in total. The Balaban J connectivity index is 1.94. The number of rotatable bonds is 4. The first-order valence-corrected chi connectivity index (χ1v) is 8.74. The van der Waals surface area contributed by atoms with Gasteiger partial charge in [0.25, 0.3) is 11.5 Å². The number of imidazole rings is 1. The molecule has 6 heteroatoms. The first kappa shape index (κ1) is 17.9. The summed E-state index contributed by atoms with van der Waals surface area (Å²) in [6, 6.07) is 7.29. The molecular weight excluding hydrogens is 328 g/mol. The zero-order chi connectivity index (χ0) is 19.0. The number of amides is 1. The first-order valence-electron chi connectivity index (χ1n) is 8.74. The SMILES string of the molecule is Cc1ccc2nc(C(NC(=O)c3cc(C)c(C)[nH]c3=O)C(C)C)[nH]c2c1. The third-order valence-electron chi connectivity index (χ3n) is 4.65. The van der Waals surface area contributed by atoms with Crippen LogP contribution in [0.1, 0.15) is 52.9 Å². The van der Waals surface area contributed by atoms with Crippen LogP contribution >= 0.6 is 0 Å². The summed E-state index contributed by atoms with van der Waals surface area (Å²) in [5.74, 6) is 0.394. The molecule has 26 heavy (non-hydrogen) atoms. The van der Waals surface area contributed by atoms with Gasteiger partial charge in [-0.1, -0.05) is 19.9 Å². The van der Waals surface area contributed by atoms with Gasteiger partial charge in [-0.3, -0.25) is 9.59 Å². The Kier molecular flexibility index (Phi) is 4.68. The van der Waals surface area contributed by atoms with Gasteiger partial charge in [-0.2, -0.15) is 0 Å². The van der Waals surface area contributed by atoms with Gasteiger partial charge in [0.1, 0.15) is 11.4 Å². The summed E-state index contributed by atoms with van der Waals surface area (Å²) in [6.45, 7) is 9.71. The Hall–Kier alpha value is -2.89. The molecular formula is C20H24N4O2. The minimum atomic E-state index is -0.398. The van der Waals surface area contributed by atoms with E-state index in [0.717, 1.165) is 27.9 Å². The second kappa shape index (κ2) is 6.78. The molecule has 0 aliphatic carbocycles. The van der Waals surface area contributed by atoms with E-state index >= 15 is 0 Å². The number of benzene rings is 1. The lowest BCUT2D eigenvalue weighted by Gasteiger charge is -2.20. The average Bonchev–Trinajstić information content (AvgIpc) is 2.97. The van der Waals surface area contributed by atoms with Gasteiger partial charge < -0.3 is 15.3 Å². The molecule has 1 aromatic carbocycles. The average molecular weight is 352 g/mol. The Bertz CT molecular complexity index is 1030. The number of aromatic amines is 2. The molecule has 3 N–H and O–H groups in total. The molecule has 2 heterocycles. The zero-order valence-corrected chi connectivity index (χ0v) is 15.7. The second-order valence-corrected chi connectivity index (χ2v) is 7.16. The number of carbonyl (C=O) groups is 1. The van der Waals surface area contributed by atoms with Gasteiger partial charge in [-0.25, -0.2) is 4.98 Å². The lowest BCUT2D eigenvalue weighted by molar-refractivity contribution is 0.0921. The standard InChI is InChI=1S/C20H24N4O2/c1-10(2)17(18-22-15-7-6-11(3)8-16(15)23-18)24-20(26)14-9-12(4)13(5)21-19(14)25/h6-10,17H,1-5H3,(H,21,25)(H,22,23)(H,24,26). The van der Waals surface area contributed by atoms with Crippen molar-refractivity contribution in [2.75, 3.05) is 0 Å². The van der Waals surface area contributed by atoms with Crippen LogP contribution in [0, 0.1) is 26.7 Å². The van der Waals surface area contributed by atoms with Crippen molar-refractivity contribution in [3.63, 3.8) is 0 Å². The summed E-state index contributed by atoms with van der Waals surface area (Å²) in [4.78, 5) is 35.5. The molecule has 3 aromatic rings. The van der Waals surface area contributed by atoms with E-state index in [1.807, 2.05) is 52.8 Å². The molecule has 0 saturated heterocycles. The number of carbonyl (C=O) groups excluding carboxylic acids is 1. The minimum absolute atomic E-state index is 0.103. The van der Waals surface area contributed by atoms with E-state index in [0.29, 0.717) is 5.82 Å². The topological polar surface area (TPSA) is 90.6 Å². The summed E-state index contributed by atoms with van der Waals surface area (Å²) >= 11 is 0. The van der Waals surface area contributed by atoms with Crippen LogP contribution < -0.4 is 10.9 Å². The van der Waals surface area contributed by atoms with Crippen molar-refractivity contribution in [2.24, 2.45) is 5.92 Å². The maximum absolute atomic E-state index is 12.7. The number of hydrogen-bond donors (Lipinski definition) is 3. The van der Waals surface area contributed by atoms with Crippen LogP contribution in [0.5, 0.6) is 0 Å². The zero-order valence-electron chi connectivity index (χ0n) is 15.7. The predicted molar refractivity (Wildman–Crippen MR) is 102 cm³/mol. The monoisotopic (exact) mass is 352 g/mol. The molecule has 136 valence electrons. The van der Waals surface area contributed by atoms with Crippen molar-refractivity contribution < 1.29 is 4.79 Å². The largest absolute Gasteiger partial charge is 0.342 e. The molecule has 0 bridgehead atoms. The van der Waals surface area contributed by atoms with Crippen molar-refractivity contribution in [1.29, 1.82) is 0 Å². The number of nitrogens with one attached hydrogen (secondary N) is 3. The summed E-state index contributed by atoms with van der Waals surface area (Å²) in [5.41, 5.74) is 4.30. The van der Waals surface area contributed by atoms with Gasteiger partial charge in [0, 0.05) is 5.69 Å². The Morgan fingerprint density at radius 3 is 2.54 bits per heavy atom. The fraction of sp³-hybridized carbons (Fsp3) is 0.350. The van der Waals surface area contributed by atoms with Gasteiger partial charge in [-0.15, -0.1) is 0 Å². The summed E-state index contributed by atoms with van der Waals surface area (Å²) in [6.07, 6.45) is 0. The second-order valence-electron chi connectivity index (χ2n) is 7.16. The van der Waals surface area contributed by atoms with E-state index in [4.69, 9.17) is 0 Å². The van der Waals surface area contributed by atoms with Gasteiger partial charge in [0.2, 0.25) is 0 Å². The van der Waals surface area contributed by atoms with E-state index in [1.165, 1.54) is 0 Å². The van der Waals surface area contributed by atoms with Crippen molar-refractivity contribution in [3.05, 3.63) is 62.8 Å². The predicted octanol–water partition coefficient (Wildman–Crippen LogP) is 3.30. The van der Waals surface area contributed by atoms with Gasteiger partial charge >= 0.3 is 0 Å². The van der Waals surface area contributed by atoms with Crippen molar-refractivity contribution in [3.8, 4) is 0 Å². The van der Waals surface area contributed by atoms with E-state index in [-0.39, 0.29) is 23.1 Å². The molecule has 0 aliphatic rings. The number of hydrogen-bond acceptors (Lipinski definition) is 3. The lowest BCUT2D eigenvalue weighted by Crippen LogP contribution is -2.35. The number of nitrogens with zero attached hydrogens (tertiary/aromatic N) is 1. The fourth-order valence-corrected chi connectivity index (χ4v) is 2.96. The van der Waals surface area contributed by atoms with Crippen molar-refractivity contribution in [2.45, 2.75) is 40.7 Å². The van der Waals surface area contributed by atoms with Gasteiger partial charge in [0.15, 0.2) is 0 Å². The van der Waals surface area contributed by atoms with E-state index < -0.39 is 5.91 Å². The Morgan fingerprint density at radius 2 is 1.85 bits per heavy atom. The first-order chi connectivity index (χ1) is 12.3.